The molecule has 4 unspecified atom stereocenters. The van der Waals surface area contributed by atoms with Crippen LogP contribution in [0.3, 0.4) is 0 Å². The number of hydrogen-bond acceptors (Lipinski definition) is 2. The van der Waals surface area contributed by atoms with Gasteiger partial charge < -0.3 is 10.6 Å². The van der Waals surface area contributed by atoms with Gasteiger partial charge in [0.2, 0.25) is 0 Å². The summed E-state index contributed by atoms with van der Waals surface area (Å²) in [5, 5.41) is 8.33. The fourth-order valence-corrected chi connectivity index (χ4v) is 10.4. The van der Waals surface area contributed by atoms with Crippen LogP contribution in [0.15, 0.2) is 97.1 Å². The van der Waals surface area contributed by atoms with Crippen molar-refractivity contribution in [3.63, 3.8) is 0 Å². The maximum Gasteiger partial charge on any atom is 0.0418 e. The van der Waals surface area contributed by atoms with Crippen molar-refractivity contribution in [2.24, 2.45) is 0 Å². The highest BCUT2D eigenvalue weighted by molar-refractivity contribution is 5.67. The number of anilines is 2. The van der Waals surface area contributed by atoms with Gasteiger partial charge in [-0.2, -0.15) is 0 Å². The molecule has 6 aromatic rings. The molecule has 0 amide bonds. The van der Waals surface area contributed by atoms with Gasteiger partial charge in [0.15, 0.2) is 0 Å². The first-order chi connectivity index (χ1) is 31.8. The lowest BCUT2D eigenvalue weighted by Gasteiger charge is -2.28. The van der Waals surface area contributed by atoms with Crippen LogP contribution in [0.25, 0.3) is 0 Å². The fourth-order valence-electron chi connectivity index (χ4n) is 10.4. The van der Waals surface area contributed by atoms with Gasteiger partial charge in [0.1, 0.15) is 0 Å². The van der Waals surface area contributed by atoms with E-state index in [-0.39, 0.29) is 23.7 Å². The van der Waals surface area contributed by atoms with E-state index < -0.39 is 0 Å². The third-order valence-corrected chi connectivity index (χ3v) is 14.8. The molecule has 0 saturated carbocycles. The standard InChI is InChI=1S/C64H84N2/c1-15-47-29-48(16-2)34-55(33-47)43(11)59-25-41(9)26-60(44(12)56-35-49(17-3)30-50(18-4)36-56)63(59)65-23-24-66-64-61(45(13)57-37-51(19-5)31-52(20-6)38-57)27-42(10)28-62(64)46(14)58-39-53(21-7)32-54(22-8)40-58/h25-40,43-46,65-66H,15-24H2,1-14H3. The van der Waals surface area contributed by atoms with E-state index in [1.54, 1.807) is 0 Å². The molecule has 4 atom stereocenters. The molecule has 0 aliphatic heterocycles. The molecular formula is C64H84N2. The molecule has 0 spiro atoms. The molecule has 6 rings (SSSR count). The number of rotatable bonds is 21. The Bertz CT molecular complexity index is 2140. The van der Waals surface area contributed by atoms with Gasteiger partial charge in [0.05, 0.1) is 0 Å². The van der Waals surface area contributed by atoms with Gasteiger partial charge in [-0.05, 0) is 154 Å². The summed E-state index contributed by atoms with van der Waals surface area (Å²) in [7, 11) is 0. The molecule has 66 heavy (non-hydrogen) atoms. The molecule has 0 heterocycles. The minimum absolute atomic E-state index is 0.229. The molecular weight excluding hydrogens is 797 g/mol. The van der Waals surface area contributed by atoms with Crippen LogP contribution in [0, 0.1) is 13.8 Å². The molecule has 0 aromatic heterocycles. The number of benzene rings is 6. The molecule has 0 fully saturated rings. The van der Waals surface area contributed by atoms with E-state index in [1.165, 1.54) is 112 Å². The SMILES string of the molecule is CCc1cc(CC)cc(C(C)c2cc(C)cc(C(C)c3cc(CC)cc(CC)c3)c2NCCNc2c(C(C)c3cc(CC)cc(CC)c3)cc(C)cc2C(C)c2cc(CC)cc(CC)c2)c1. The van der Waals surface area contributed by atoms with Gasteiger partial charge >= 0.3 is 0 Å². The van der Waals surface area contributed by atoms with Crippen LogP contribution >= 0.6 is 0 Å². The van der Waals surface area contributed by atoms with Crippen molar-refractivity contribution in [3.8, 4) is 0 Å². The van der Waals surface area contributed by atoms with Gasteiger partial charge in [-0.25, -0.2) is 0 Å². The number of aryl methyl sites for hydroxylation is 10. The quantitative estimate of drug-likeness (QED) is 0.0704. The van der Waals surface area contributed by atoms with Crippen LogP contribution in [0.5, 0.6) is 0 Å². The first-order valence-electron chi connectivity index (χ1n) is 26.0. The first kappa shape index (κ1) is 50.3. The van der Waals surface area contributed by atoms with Crippen molar-refractivity contribution < 1.29 is 0 Å². The van der Waals surface area contributed by atoms with E-state index in [4.69, 9.17) is 0 Å². The van der Waals surface area contributed by atoms with Crippen molar-refractivity contribution in [2.45, 2.75) is 172 Å². The second-order valence-corrected chi connectivity index (χ2v) is 19.5. The molecule has 0 saturated heterocycles. The lowest BCUT2D eigenvalue weighted by atomic mass is 9.82. The van der Waals surface area contributed by atoms with Gasteiger partial charge in [0, 0.05) is 48.1 Å². The predicted octanol–water partition coefficient (Wildman–Crippen LogP) is 16.9. The van der Waals surface area contributed by atoms with Gasteiger partial charge in [-0.15, -0.1) is 0 Å². The highest BCUT2D eigenvalue weighted by atomic mass is 15.0. The van der Waals surface area contributed by atoms with Crippen LogP contribution < -0.4 is 10.6 Å². The van der Waals surface area contributed by atoms with Crippen LogP contribution in [-0.2, 0) is 51.4 Å². The number of nitrogens with one attached hydrogen (secondary N) is 2. The monoisotopic (exact) mass is 881 g/mol. The Morgan fingerprint density at radius 2 is 0.470 bits per heavy atom. The lowest BCUT2D eigenvalue weighted by molar-refractivity contribution is 0.864. The van der Waals surface area contributed by atoms with E-state index in [2.05, 4.69) is 205 Å². The average Bonchev–Trinajstić information content (AvgIpc) is 3.35. The summed E-state index contributed by atoms with van der Waals surface area (Å²) < 4.78 is 0. The Hall–Kier alpha value is -5.08. The summed E-state index contributed by atoms with van der Waals surface area (Å²) in [6.45, 7) is 34.1. The molecule has 2 heteroatoms. The van der Waals surface area contributed by atoms with Gasteiger partial charge in [-0.1, -0.05) is 191 Å². The second-order valence-electron chi connectivity index (χ2n) is 19.5. The largest absolute Gasteiger partial charge is 0.383 e. The lowest BCUT2D eigenvalue weighted by Crippen LogP contribution is -2.20. The van der Waals surface area contributed by atoms with E-state index in [0.29, 0.717) is 0 Å². The van der Waals surface area contributed by atoms with Crippen molar-refractivity contribution in [2.75, 3.05) is 23.7 Å². The summed E-state index contributed by atoms with van der Waals surface area (Å²) in [6.07, 6.45) is 8.35. The topological polar surface area (TPSA) is 24.1 Å². The first-order valence-corrected chi connectivity index (χ1v) is 26.0. The Morgan fingerprint density at radius 3 is 0.636 bits per heavy atom. The maximum atomic E-state index is 4.17. The normalized spacial score (nSPS) is 13.4. The summed E-state index contributed by atoms with van der Waals surface area (Å²) in [5.74, 6) is 0.915. The zero-order chi connectivity index (χ0) is 47.7. The second kappa shape index (κ2) is 23.1. The minimum Gasteiger partial charge on any atom is -0.383 e. The highest BCUT2D eigenvalue weighted by Crippen LogP contribution is 2.42. The maximum absolute atomic E-state index is 4.17. The zero-order valence-electron chi connectivity index (χ0n) is 43.6. The molecule has 0 bridgehead atoms. The van der Waals surface area contributed by atoms with Crippen molar-refractivity contribution >= 4 is 11.4 Å². The molecule has 0 aliphatic rings. The van der Waals surface area contributed by atoms with Crippen LogP contribution in [-0.4, -0.2) is 13.1 Å². The molecule has 350 valence electrons. The van der Waals surface area contributed by atoms with Crippen LogP contribution in [0.4, 0.5) is 11.4 Å². The average molecular weight is 881 g/mol. The smallest absolute Gasteiger partial charge is 0.0418 e. The molecule has 0 aliphatic carbocycles. The van der Waals surface area contributed by atoms with E-state index in [0.717, 1.165) is 64.5 Å². The summed E-state index contributed by atoms with van der Waals surface area (Å²) in [4.78, 5) is 0. The van der Waals surface area contributed by atoms with Gasteiger partial charge in [0.25, 0.3) is 0 Å². The van der Waals surface area contributed by atoms with Crippen molar-refractivity contribution in [1.82, 2.24) is 0 Å². The van der Waals surface area contributed by atoms with E-state index in [1.807, 2.05) is 0 Å². The predicted molar refractivity (Wildman–Crippen MR) is 290 cm³/mol. The third-order valence-electron chi connectivity index (χ3n) is 14.8. The molecule has 6 aromatic carbocycles. The summed E-state index contributed by atoms with van der Waals surface area (Å²) in [6, 6.07) is 39.1. The van der Waals surface area contributed by atoms with Crippen LogP contribution in [0.1, 0.15) is 207 Å². The Kier molecular flexibility index (Phi) is 17.6. The zero-order valence-corrected chi connectivity index (χ0v) is 43.6. The summed E-state index contributed by atoms with van der Waals surface area (Å²) >= 11 is 0. The Labute approximate surface area is 402 Å². The minimum atomic E-state index is 0.229. The number of hydrogen-bond donors (Lipinski definition) is 2. The van der Waals surface area contributed by atoms with E-state index >= 15 is 0 Å². The van der Waals surface area contributed by atoms with Gasteiger partial charge in [-0.3, -0.25) is 0 Å². The highest BCUT2D eigenvalue weighted by Gasteiger charge is 2.25. The van der Waals surface area contributed by atoms with E-state index in [9.17, 15) is 0 Å². The van der Waals surface area contributed by atoms with Crippen molar-refractivity contribution in [3.05, 3.63) is 197 Å². The summed E-state index contributed by atoms with van der Waals surface area (Å²) in [5.41, 5.74) is 27.8. The molecule has 2 nitrogen and oxygen atoms in total. The fraction of sp³-hybridized carbons (Fsp3) is 0.438. The molecule has 0 radical (unpaired) electrons. The third kappa shape index (κ3) is 11.7. The van der Waals surface area contributed by atoms with Crippen LogP contribution in [0.2, 0.25) is 0 Å². The van der Waals surface area contributed by atoms with Crippen molar-refractivity contribution in [1.29, 1.82) is 0 Å². The Balaban J connectivity index is 1.45. The molecule has 2 N–H and O–H groups in total. The Morgan fingerprint density at radius 1 is 0.288 bits per heavy atom.